The zero-order chi connectivity index (χ0) is 19.2. The van der Waals surface area contributed by atoms with E-state index >= 15 is 0 Å². The lowest BCUT2D eigenvalue weighted by atomic mass is 9.95. The van der Waals surface area contributed by atoms with Crippen molar-refractivity contribution in [3.63, 3.8) is 0 Å². The molecule has 0 fully saturated rings. The van der Waals surface area contributed by atoms with Gasteiger partial charge >= 0.3 is 12.1 Å². The average Bonchev–Trinajstić information content (AvgIpc) is 2.91. The van der Waals surface area contributed by atoms with Crippen molar-refractivity contribution >= 4 is 12.1 Å². The Morgan fingerprint density at radius 1 is 1.28 bits per heavy atom. The quantitative estimate of drug-likeness (QED) is 0.682. The van der Waals surface area contributed by atoms with Gasteiger partial charge in [-0.15, -0.1) is 0 Å². The molecule has 1 aliphatic rings. The van der Waals surface area contributed by atoms with Crippen LogP contribution < -0.4 is 10.8 Å². The second kappa shape index (κ2) is 9.08. The Labute approximate surface area is 150 Å². The van der Waals surface area contributed by atoms with E-state index in [1.807, 2.05) is 48.5 Å². The summed E-state index contributed by atoms with van der Waals surface area (Å²) < 4.78 is 10.5. The maximum Gasteiger partial charge on any atom is 0.408 e. The third-order valence-electron chi connectivity index (χ3n) is 3.64. The van der Waals surface area contributed by atoms with Gasteiger partial charge in [0.15, 0.2) is 0 Å². The van der Waals surface area contributed by atoms with E-state index in [1.54, 1.807) is 0 Å². The molecule has 144 valence electrons. The van der Waals surface area contributed by atoms with Crippen LogP contribution in [0.15, 0.2) is 11.3 Å². The molecule has 1 amide bonds. The number of carbonyl (C=O) groups excluding carboxylic acids is 2. The molecule has 0 spiro atoms. The number of esters is 1. The van der Waals surface area contributed by atoms with Crippen LogP contribution in [0.25, 0.3) is 0 Å². The number of ether oxygens (including phenoxy) is 2. The lowest BCUT2D eigenvalue weighted by Crippen LogP contribution is -2.45. The van der Waals surface area contributed by atoms with Gasteiger partial charge in [-0.25, -0.2) is 9.59 Å². The minimum Gasteiger partial charge on any atom is -0.463 e. The maximum atomic E-state index is 12.2. The summed E-state index contributed by atoms with van der Waals surface area (Å²) in [6.07, 6.45) is 0.0628. The number of amides is 1. The summed E-state index contributed by atoms with van der Waals surface area (Å²) in [4.78, 5) is 29.8. The van der Waals surface area contributed by atoms with E-state index in [-0.39, 0.29) is 12.0 Å². The summed E-state index contributed by atoms with van der Waals surface area (Å²) >= 11 is 0. The van der Waals surface area contributed by atoms with Crippen molar-refractivity contribution in [1.29, 1.82) is 0 Å². The fraction of sp³-hybridized carbons (Fsp3) is 0.778. The molecular formula is C18H32N2O5. The Kier molecular flexibility index (Phi) is 7.73. The van der Waals surface area contributed by atoms with E-state index in [0.717, 1.165) is 12.0 Å². The molecule has 0 aromatic carbocycles. The number of carbonyl (C=O) groups is 2. The summed E-state index contributed by atoms with van der Waals surface area (Å²) in [6.45, 7) is 13.6. The first kappa shape index (κ1) is 21.3. The van der Waals surface area contributed by atoms with Crippen molar-refractivity contribution in [2.24, 2.45) is 5.92 Å². The molecular weight excluding hydrogens is 324 g/mol. The van der Waals surface area contributed by atoms with Gasteiger partial charge in [0.2, 0.25) is 6.10 Å². The van der Waals surface area contributed by atoms with E-state index in [0.29, 0.717) is 18.7 Å². The molecule has 1 unspecified atom stereocenters. The van der Waals surface area contributed by atoms with Crippen molar-refractivity contribution in [3.05, 3.63) is 11.3 Å². The topological polar surface area (TPSA) is 85.9 Å². The molecule has 25 heavy (non-hydrogen) atoms. The number of nitrogens with one attached hydrogen (secondary N) is 2. The second-order valence-electron chi connectivity index (χ2n) is 7.43. The van der Waals surface area contributed by atoms with Crippen LogP contribution in [-0.2, 0) is 19.1 Å². The van der Waals surface area contributed by atoms with Crippen LogP contribution in [0.3, 0.4) is 0 Å². The molecule has 1 heterocycles. The summed E-state index contributed by atoms with van der Waals surface area (Å²) in [5, 5.41) is 2.87. The number of hydrogen-bond acceptors (Lipinski definition) is 6. The fourth-order valence-electron chi connectivity index (χ4n) is 2.51. The third kappa shape index (κ3) is 6.23. The number of rotatable bonds is 7. The molecule has 1 aliphatic heterocycles. The van der Waals surface area contributed by atoms with E-state index in [2.05, 4.69) is 10.8 Å². The molecule has 2 N–H and O–H groups in total. The lowest BCUT2D eigenvalue weighted by Gasteiger charge is -2.27. The van der Waals surface area contributed by atoms with E-state index in [9.17, 15) is 9.59 Å². The number of alkyl carbamates (subject to hydrolysis) is 1. The first-order chi connectivity index (χ1) is 11.6. The molecule has 2 atom stereocenters. The summed E-state index contributed by atoms with van der Waals surface area (Å²) in [6, 6.07) is -0.353. The van der Waals surface area contributed by atoms with Crippen molar-refractivity contribution in [2.75, 3.05) is 6.61 Å². The Morgan fingerprint density at radius 3 is 2.40 bits per heavy atom. The largest absolute Gasteiger partial charge is 0.463 e. The summed E-state index contributed by atoms with van der Waals surface area (Å²) in [5.41, 5.74) is 3.72. The zero-order valence-corrected chi connectivity index (χ0v) is 16.4. The normalized spacial score (nSPS) is 18.8. The van der Waals surface area contributed by atoms with E-state index in [4.69, 9.17) is 14.3 Å². The van der Waals surface area contributed by atoms with Gasteiger partial charge < -0.3 is 14.8 Å². The molecule has 1 rings (SSSR count). The van der Waals surface area contributed by atoms with E-state index < -0.39 is 23.8 Å². The molecule has 7 heteroatoms. The average molecular weight is 356 g/mol. The SMILES string of the molecule is CCCOC(=O)C1ONC([C@@H](NC(=O)OC(C)(C)C)C(C)C)=C1CC. The minimum absolute atomic E-state index is 0.0746. The predicted octanol–water partition coefficient (Wildman–Crippen LogP) is 3.06. The van der Waals surface area contributed by atoms with E-state index in [1.165, 1.54) is 0 Å². The fourth-order valence-corrected chi connectivity index (χ4v) is 2.51. The first-order valence-corrected chi connectivity index (χ1v) is 8.91. The van der Waals surface area contributed by atoms with Gasteiger partial charge in [-0.3, -0.25) is 10.3 Å². The highest BCUT2D eigenvalue weighted by Gasteiger charge is 2.37. The molecule has 0 radical (unpaired) electrons. The highest BCUT2D eigenvalue weighted by molar-refractivity contribution is 5.79. The monoisotopic (exact) mass is 356 g/mol. The molecule has 7 nitrogen and oxygen atoms in total. The number of hydrogen-bond donors (Lipinski definition) is 2. The molecule has 0 aromatic heterocycles. The molecule has 0 bridgehead atoms. The molecule has 0 aliphatic carbocycles. The van der Waals surface area contributed by atoms with Crippen LogP contribution in [0.4, 0.5) is 4.79 Å². The van der Waals surface area contributed by atoms with Crippen LogP contribution in [0.1, 0.15) is 61.3 Å². The predicted molar refractivity (Wildman–Crippen MR) is 94.6 cm³/mol. The molecule has 0 saturated carbocycles. The zero-order valence-electron chi connectivity index (χ0n) is 16.4. The standard InChI is InChI=1S/C18H32N2O5/c1-8-10-23-16(21)15-12(9-2)14(20-25-15)13(11(3)4)19-17(22)24-18(5,6)7/h11,13,15,20H,8-10H2,1-7H3,(H,19,22)/t13-,15?/m0/s1. The van der Waals surface area contributed by atoms with Gasteiger partial charge in [-0.1, -0.05) is 27.7 Å². The van der Waals surface area contributed by atoms with Crippen LogP contribution in [0.2, 0.25) is 0 Å². The van der Waals surface area contributed by atoms with Crippen LogP contribution >= 0.6 is 0 Å². The Bertz CT molecular complexity index is 508. The van der Waals surface area contributed by atoms with Crippen molar-refractivity contribution in [1.82, 2.24) is 10.8 Å². The first-order valence-electron chi connectivity index (χ1n) is 8.91. The van der Waals surface area contributed by atoms with Crippen molar-refractivity contribution in [2.45, 2.75) is 79.1 Å². The summed E-state index contributed by atoms with van der Waals surface area (Å²) in [5.74, 6) is -0.341. The van der Waals surface area contributed by atoms with Crippen molar-refractivity contribution in [3.8, 4) is 0 Å². The van der Waals surface area contributed by atoms with Gasteiger partial charge in [0, 0.05) is 0 Å². The molecule has 0 aromatic rings. The van der Waals surface area contributed by atoms with Gasteiger partial charge in [0.05, 0.1) is 18.3 Å². The Balaban J connectivity index is 2.97. The maximum absolute atomic E-state index is 12.2. The Hall–Kier alpha value is -1.76. The third-order valence-corrected chi connectivity index (χ3v) is 3.64. The van der Waals surface area contributed by atoms with Crippen LogP contribution in [0.5, 0.6) is 0 Å². The van der Waals surface area contributed by atoms with Crippen LogP contribution in [-0.4, -0.2) is 36.4 Å². The van der Waals surface area contributed by atoms with Gasteiger partial charge in [-0.2, -0.15) is 0 Å². The Morgan fingerprint density at radius 2 is 1.92 bits per heavy atom. The molecule has 0 saturated heterocycles. The van der Waals surface area contributed by atoms with Crippen molar-refractivity contribution < 1.29 is 23.9 Å². The number of hydroxylamine groups is 1. The van der Waals surface area contributed by atoms with Gasteiger partial charge in [0.25, 0.3) is 0 Å². The highest BCUT2D eigenvalue weighted by atomic mass is 16.7. The van der Waals surface area contributed by atoms with Crippen LogP contribution in [0, 0.1) is 5.92 Å². The summed E-state index contributed by atoms with van der Waals surface area (Å²) in [7, 11) is 0. The second-order valence-corrected chi connectivity index (χ2v) is 7.43. The van der Waals surface area contributed by atoms with Gasteiger partial charge in [0.1, 0.15) is 5.60 Å². The highest BCUT2D eigenvalue weighted by Crippen LogP contribution is 2.27. The minimum atomic E-state index is -0.784. The van der Waals surface area contributed by atoms with Gasteiger partial charge in [-0.05, 0) is 45.1 Å². The smallest absolute Gasteiger partial charge is 0.408 e. The lowest BCUT2D eigenvalue weighted by molar-refractivity contribution is -0.156.